The van der Waals surface area contributed by atoms with Crippen LogP contribution in [0.2, 0.25) is 0 Å². The summed E-state index contributed by atoms with van der Waals surface area (Å²) in [7, 11) is 0. The fourth-order valence-corrected chi connectivity index (χ4v) is 3.83. The van der Waals surface area contributed by atoms with Crippen LogP contribution in [0.4, 0.5) is 0 Å². The lowest BCUT2D eigenvalue weighted by atomic mass is 10.1. The van der Waals surface area contributed by atoms with Crippen LogP contribution in [-0.4, -0.2) is 35.6 Å². The molecule has 6 heteroatoms. The number of hydrogen-bond donors (Lipinski definition) is 2. The van der Waals surface area contributed by atoms with Crippen molar-refractivity contribution in [1.29, 1.82) is 0 Å². The predicted molar refractivity (Wildman–Crippen MR) is 139 cm³/mol. The highest BCUT2D eigenvalue weighted by Gasteiger charge is 2.11. The van der Waals surface area contributed by atoms with Gasteiger partial charge in [-0.3, -0.25) is 14.4 Å². The number of unbranched alkanes of at least 4 members (excludes halogenated alkanes) is 13. The van der Waals surface area contributed by atoms with E-state index in [1.54, 1.807) is 0 Å². The van der Waals surface area contributed by atoms with Crippen molar-refractivity contribution in [2.75, 3.05) is 6.54 Å². The van der Waals surface area contributed by atoms with Crippen molar-refractivity contribution >= 4 is 17.8 Å². The largest absolute Gasteiger partial charge is 0.480 e. The highest BCUT2D eigenvalue weighted by Crippen LogP contribution is 2.14. The molecule has 34 heavy (non-hydrogen) atoms. The minimum atomic E-state index is -1.03. The van der Waals surface area contributed by atoms with Gasteiger partial charge >= 0.3 is 11.9 Å². The number of ether oxygens (including phenoxy) is 1. The van der Waals surface area contributed by atoms with Crippen molar-refractivity contribution in [3.05, 3.63) is 12.2 Å². The minimum Gasteiger partial charge on any atom is -0.480 e. The molecule has 1 unspecified atom stereocenters. The topological polar surface area (TPSA) is 92.7 Å². The maximum Gasteiger partial charge on any atom is 0.322 e. The average Bonchev–Trinajstić information content (AvgIpc) is 2.81. The summed E-state index contributed by atoms with van der Waals surface area (Å²) < 4.78 is 5.77. The SMILES string of the molecule is CCCCC/C=C\C(CCCCCCC(=O)NCC(=O)O)OC(=O)CCCCCCCCCC. The molecule has 1 amide bonds. The van der Waals surface area contributed by atoms with Crippen LogP contribution < -0.4 is 5.32 Å². The molecule has 0 spiro atoms. The van der Waals surface area contributed by atoms with Gasteiger partial charge < -0.3 is 15.2 Å². The summed E-state index contributed by atoms with van der Waals surface area (Å²) in [4.78, 5) is 34.3. The highest BCUT2D eigenvalue weighted by molar-refractivity contribution is 5.80. The summed E-state index contributed by atoms with van der Waals surface area (Å²) >= 11 is 0. The third kappa shape index (κ3) is 23.3. The molecule has 0 bridgehead atoms. The van der Waals surface area contributed by atoms with Crippen LogP contribution in [0.15, 0.2) is 12.2 Å². The lowest BCUT2D eigenvalue weighted by molar-refractivity contribution is -0.147. The van der Waals surface area contributed by atoms with Gasteiger partial charge in [-0.1, -0.05) is 90.6 Å². The number of carboxylic acid groups (broad SMARTS) is 1. The first-order valence-corrected chi connectivity index (χ1v) is 13.8. The molecule has 0 aliphatic rings. The third-order valence-electron chi connectivity index (χ3n) is 5.92. The minimum absolute atomic E-state index is 0.0932. The number of amides is 1. The van der Waals surface area contributed by atoms with E-state index in [2.05, 4.69) is 31.3 Å². The lowest BCUT2D eigenvalue weighted by Crippen LogP contribution is -2.28. The normalized spacial score (nSPS) is 12.1. The molecule has 0 radical (unpaired) electrons. The van der Waals surface area contributed by atoms with Gasteiger partial charge in [-0.15, -0.1) is 0 Å². The van der Waals surface area contributed by atoms with Crippen LogP contribution in [0.25, 0.3) is 0 Å². The fourth-order valence-electron chi connectivity index (χ4n) is 3.83. The summed E-state index contributed by atoms with van der Waals surface area (Å²) in [6.45, 7) is 4.09. The molecule has 2 N–H and O–H groups in total. The van der Waals surface area contributed by atoms with Crippen molar-refractivity contribution in [1.82, 2.24) is 5.32 Å². The van der Waals surface area contributed by atoms with E-state index >= 15 is 0 Å². The van der Waals surface area contributed by atoms with E-state index in [4.69, 9.17) is 9.84 Å². The summed E-state index contributed by atoms with van der Waals surface area (Å²) in [6, 6.07) is 0. The van der Waals surface area contributed by atoms with Crippen LogP contribution in [0, 0.1) is 0 Å². The van der Waals surface area contributed by atoms with Gasteiger partial charge in [-0.05, 0) is 44.6 Å². The second kappa shape index (κ2) is 24.3. The zero-order chi connectivity index (χ0) is 25.3. The summed E-state index contributed by atoms with van der Waals surface area (Å²) in [5, 5.41) is 11.0. The van der Waals surface area contributed by atoms with Gasteiger partial charge in [0.05, 0.1) is 0 Å². The standard InChI is InChI=1S/C28H51NO5/c1-3-5-7-9-10-11-13-19-23-28(33)34-25(20-16-12-8-6-4-2)21-17-14-15-18-22-26(30)29-24-27(31)32/h16,20,25H,3-15,17-19,21-24H2,1-2H3,(H,29,30)(H,31,32)/b20-16-. The number of hydrogen-bond acceptors (Lipinski definition) is 4. The Kier molecular flexibility index (Phi) is 23.0. The highest BCUT2D eigenvalue weighted by atomic mass is 16.5. The summed E-state index contributed by atoms with van der Waals surface area (Å²) in [5.74, 6) is -1.34. The Morgan fingerprint density at radius 1 is 0.765 bits per heavy atom. The molecular weight excluding hydrogens is 430 g/mol. The number of allylic oxidation sites excluding steroid dienone is 1. The molecular formula is C28H51NO5. The Hall–Kier alpha value is -1.85. The lowest BCUT2D eigenvalue weighted by Gasteiger charge is -2.15. The van der Waals surface area contributed by atoms with Gasteiger partial charge in [-0.25, -0.2) is 0 Å². The van der Waals surface area contributed by atoms with E-state index in [1.807, 2.05) is 0 Å². The van der Waals surface area contributed by atoms with E-state index in [9.17, 15) is 14.4 Å². The van der Waals surface area contributed by atoms with E-state index in [1.165, 1.54) is 51.4 Å². The fraction of sp³-hybridized carbons (Fsp3) is 0.821. The van der Waals surface area contributed by atoms with E-state index < -0.39 is 5.97 Å². The predicted octanol–water partition coefficient (Wildman–Crippen LogP) is 7.11. The molecule has 0 aromatic heterocycles. The molecule has 0 aromatic carbocycles. The third-order valence-corrected chi connectivity index (χ3v) is 5.92. The Bertz CT molecular complexity index is 547. The first-order valence-electron chi connectivity index (χ1n) is 13.8. The maximum absolute atomic E-state index is 12.3. The van der Waals surface area contributed by atoms with Crippen LogP contribution >= 0.6 is 0 Å². The molecule has 0 saturated heterocycles. The van der Waals surface area contributed by atoms with Gasteiger partial charge in [0, 0.05) is 12.8 Å². The molecule has 0 fully saturated rings. The van der Waals surface area contributed by atoms with Gasteiger partial charge in [0.1, 0.15) is 12.6 Å². The Labute approximate surface area is 208 Å². The molecule has 0 aliphatic carbocycles. The molecule has 0 rings (SSSR count). The van der Waals surface area contributed by atoms with Crippen molar-refractivity contribution in [3.8, 4) is 0 Å². The van der Waals surface area contributed by atoms with Crippen LogP contribution in [0.3, 0.4) is 0 Å². The van der Waals surface area contributed by atoms with E-state index in [0.29, 0.717) is 12.8 Å². The number of nitrogens with one attached hydrogen (secondary N) is 1. The van der Waals surface area contributed by atoms with Crippen molar-refractivity contribution < 1.29 is 24.2 Å². The van der Waals surface area contributed by atoms with Crippen molar-refractivity contribution in [2.24, 2.45) is 0 Å². The molecule has 6 nitrogen and oxygen atoms in total. The van der Waals surface area contributed by atoms with Crippen LogP contribution in [0.1, 0.15) is 136 Å². The van der Waals surface area contributed by atoms with E-state index in [0.717, 1.165) is 57.8 Å². The molecule has 0 heterocycles. The summed E-state index contributed by atoms with van der Waals surface area (Å²) in [6.07, 6.45) is 23.5. The number of carboxylic acids is 1. The molecule has 0 aliphatic heterocycles. The monoisotopic (exact) mass is 481 g/mol. The number of esters is 1. The maximum atomic E-state index is 12.3. The Morgan fingerprint density at radius 2 is 1.32 bits per heavy atom. The smallest absolute Gasteiger partial charge is 0.322 e. The summed E-state index contributed by atoms with van der Waals surface area (Å²) in [5.41, 5.74) is 0. The Morgan fingerprint density at radius 3 is 1.97 bits per heavy atom. The van der Waals surface area contributed by atoms with Gasteiger partial charge in [-0.2, -0.15) is 0 Å². The average molecular weight is 482 g/mol. The van der Waals surface area contributed by atoms with Crippen LogP contribution in [0.5, 0.6) is 0 Å². The molecule has 0 aromatic rings. The molecule has 198 valence electrons. The molecule has 1 atom stereocenters. The quantitative estimate of drug-likeness (QED) is 0.0870. The van der Waals surface area contributed by atoms with Crippen molar-refractivity contribution in [3.63, 3.8) is 0 Å². The first kappa shape index (κ1) is 32.1. The number of rotatable bonds is 24. The van der Waals surface area contributed by atoms with Gasteiger partial charge in [0.15, 0.2) is 0 Å². The van der Waals surface area contributed by atoms with Gasteiger partial charge in [0.2, 0.25) is 5.91 Å². The number of carbonyl (C=O) groups is 3. The van der Waals surface area contributed by atoms with E-state index in [-0.39, 0.29) is 24.5 Å². The second-order valence-corrected chi connectivity index (χ2v) is 9.30. The Balaban J connectivity index is 4.14. The zero-order valence-corrected chi connectivity index (χ0v) is 22.0. The zero-order valence-electron chi connectivity index (χ0n) is 22.0. The van der Waals surface area contributed by atoms with Crippen molar-refractivity contribution in [2.45, 2.75) is 142 Å². The molecule has 0 saturated carbocycles. The number of aliphatic carboxylic acids is 1. The second-order valence-electron chi connectivity index (χ2n) is 9.30. The first-order chi connectivity index (χ1) is 16.5. The van der Waals surface area contributed by atoms with Crippen LogP contribution in [-0.2, 0) is 19.1 Å². The number of carbonyl (C=O) groups excluding carboxylic acids is 2. The van der Waals surface area contributed by atoms with Gasteiger partial charge in [0.25, 0.3) is 0 Å².